The molecule has 0 saturated carbocycles. The molecule has 1 aromatic rings. The molecule has 1 rings (SSSR count). The van der Waals surface area contributed by atoms with E-state index >= 15 is 0 Å². The number of nitrogens with one attached hydrogen (secondary N) is 2. The number of rotatable bonds is 5. The van der Waals surface area contributed by atoms with E-state index in [1.165, 1.54) is 6.33 Å². The second-order valence-corrected chi connectivity index (χ2v) is 3.38. The van der Waals surface area contributed by atoms with Gasteiger partial charge in [-0.3, -0.25) is 4.79 Å². The molecule has 5 nitrogen and oxygen atoms in total. The van der Waals surface area contributed by atoms with Crippen LogP contribution in [-0.4, -0.2) is 29.5 Å². The van der Waals surface area contributed by atoms with Crippen LogP contribution in [0.5, 0.6) is 0 Å². The predicted octanol–water partition coefficient (Wildman–Crippen LogP) is -0.0517. The fourth-order valence-corrected chi connectivity index (χ4v) is 1.17. The van der Waals surface area contributed by atoms with Crippen molar-refractivity contribution in [2.75, 3.05) is 13.6 Å². The zero-order valence-electron chi connectivity index (χ0n) is 9.03. The average Bonchev–Trinajstić information content (AvgIpc) is 2.27. The van der Waals surface area contributed by atoms with Crippen LogP contribution in [0.2, 0.25) is 0 Å². The summed E-state index contributed by atoms with van der Waals surface area (Å²) >= 11 is 0. The highest BCUT2D eigenvalue weighted by Gasteiger charge is 2.10. The van der Waals surface area contributed by atoms with Crippen LogP contribution in [0.4, 0.5) is 0 Å². The first-order chi connectivity index (χ1) is 7.24. The SMILES string of the molecule is CNCC(C)C(=O)NCc1ccncn1. The molecule has 0 radical (unpaired) electrons. The van der Waals surface area contributed by atoms with E-state index in [1.54, 1.807) is 12.3 Å². The Hall–Kier alpha value is -1.49. The summed E-state index contributed by atoms with van der Waals surface area (Å²) in [5, 5.41) is 5.77. The number of hydrogen-bond acceptors (Lipinski definition) is 4. The minimum atomic E-state index is -0.0307. The molecule has 1 aromatic heterocycles. The number of amides is 1. The van der Waals surface area contributed by atoms with Crippen molar-refractivity contribution in [1.82, 2.24) is 20.6 Å². The summed E-state index contributed by atoms with van der Waals surface area (Å²) in [6.45, 7) is 3.01. The molecule has 1 unspecified atom stereocenters. The molecule has 82 valence electrons. The van der Waals surface area contributed by atoms with E-state index in [1.807, 2.05) is 14.0 Å². The van der Waals surface area contributed by atoms with Gasteiger partial charge in [-0.25, -0.2) is 9.97 Å². The van der Waals surface area contributed by atoms with Gasteiger partial charge in [0.2, 0.25) is 5.91 Å². The van der Waals surface area contributed by atoms with Crippen LogP contribution < -0.4 is 10.6 Å². The van der Waals surface area contributed by atoms with Gasteiger partial charge >= 0.3 is 0 Å². The van der Waals surface area contributed by atoms with E-state index in [4.69, 9.17) is 0 Å². The van der Waals surface area contributed by atoms with Gasteiger partial charge in [-0.1, -0.05) is 6.92 Å². The van der Waals surface area contributed by atoms with Gasteiger partial charge in [0, 0.05) is 18.7 Å². The van der Waals surface area contributed by atoms with Crippen LogP contribution in [0.15, 0.2) is 18.6 Å². The lowest BCUT2D eigenvalue weighted by Gasteiger charge is -2.10. The van der Waals surface area contributed by atoms with Crippen LogP contribution in [0.3, 0.4) is 0 Å². The lowest BCUT2D eigenvalue weighted by atomic mass is 10.1. The molecule has 0 aliphatic heterocycles. The number of hydrogen-bond donors (Lipinski definition) is 2. The summed E-state index contributed by atoms with van der Waals surface area (Å²) in [5.41, 5.74) is 0.815. The zero-order valence-corrected chi connectivity index (χ0v) is 9.03. The van der Waals surface area contributed by atoms with Crippen molar-refractivity contribution in [3.63, 3.8) is 0 Å². The van der Waals surface area contributed by atoms with Gasteiger partial charge in [0.25, 0.3) is 0 Å². The van der Waals surface area contributed by atoms with Crippen molar-refractivity contribution in [1.29, 1.82) is 0 Å². The summed E-state index contributed by atoms with van der Waals surface area (Å²) in [6, 6.07) is 1.78. The van der Waals surface area contributed by atoms with Crippen LogP contribution in [0.1, 0.15) is 12.6 Å². The Bertz CT molecular complexity index is 302. The number of carbonyl (C=O) groups excluding carboxylic acids is 1. The first-order valence-electron chi connectivity index (χ1n) is 4.91. The van der Waals surface area contributed by atoms with Crippen LogP contribution in [-0.2, 0) is 11.3 Å². The summed E-state index contributed by atoms with van der Waals surface area (Å²) in [7, 11) is 1.83. The lowest BCUT2D eigenvalue weighted by Crippen LogP contribution is -2.34. The molecular formula is C10H16N4O. The molecule has 0 aliphatic rings. The van der Waals surface area contributed by atoms with Crippen molar-refractivity contribution in [2.24, 2.45) is 5.92 Å². The monoisotopic (exact) mass is 208 g/mol. The van der Waals surface area contributed by atoms with Gasteiger partial charge < -0.3 is 10.6 Å². The third-order valence-corrected chi connectivity index (χ3v) is 2.04. The van der Waals surface area contributed by atoms with Gasteiger partial charge in [0.15, 0.2) is 0 Å². The molecule has 5 heteroatoms. The maximum Gasteiger partial charge on any atom is 0.224 e. The van der Waals surface area contributed by atoms with E-state index < -0.39 is 0 Å². The third kappa shape index (κ3) is 4.03. The maximum absolute atomic E-state index is 11.5. The fourth-order valence-electron chi connectivity index (χ4n) is 1.17. The summed E-state index contributed by atoms with van der Waals surface area (Å²) in [6.07, 6.45) is 3.13. The molecule has 0 aliphatic carbocycles. The molecule has 0 bridgehead atoms. The summed E-state index contributed by atoms with van der Waals surface area (Å²) < 4.78 is 0. The smallest absolute Gasteiger partial charge is 0.224 e. The third-order valence-electron chi connectivity index (χ3n) is 2.04. The molecule has 1 atom stereocenters. The van der Waals surface area contributed by atoms with E-state index in [0.29, 0.717) is 13.1 Å². The molecule has 1 amide bonds. The van der Waals surface area contributed by atoms with Gasteiger partial charge in [-0.2, -0.15) is 0 Å². The Morgan fingerprint density at radius 1 is 1.60 bits per heavy atom. The highest BCUT2D eigenvalue weighted by Crippen LogP contribution is 1.94. The second-order valence-electron chi connectivity index (χ2n) is 3.38. The van der Waals surface area contributed by atoms with Crippen LogP contribution in [0, 0.1) is 5.92 Å². The van der Waals surface area contributed by atoms with Gasteiger partial charge in [-0.15, -0.1) is 0 Å². The van der Waals surface area contributed by atoms with E-state index in [0.717, 1.165) is 5.69 Å². The zero-order chi connectivity index (χ0) is 11.1. The molecule has 0 saturated heterocycles. The van der Waals surface area contributed by atoms with Crippen LogP contribution in [0.25, 0.3) is 0 Å². The standard InChI is InChI=1S/C10H16N4O/c1-8(5-11-2)10(15)13-6-9-3-4-12-7-14-9/h3-4,7-8,11H,5-6H2,1-2H3,(H,13,15). The Kier molecular flexibility index (Phi) is 4.70. The van der Waals surface area contributed by atoms with Crippen molar-refractivity contribution in [2.45, 2.75) is 13.5 Å². The van der Waals surface area contributed by atoms with Crippen LogP contribution >= 0.6 is 0 Å². The first-order valence-corrected chi connectivity index (χ1v) is 4.91. The molecule has 0 fully saturated rings. The fraction of sp³-hybridized carbons (Fsp3) is 0.500. The molecule has 2 N–H and O–H groups in total. The number of carbonyl (C=O) groups is 1. The largest absolute Gasteiger partial charge is 0.350 e. The van der Waals surface area contributed by atoms with Gasteiger partial charge in [-0.05, 0) is 13.1 Å². The summed E-state index contributed by atoms with van der Waals surface area (Å²) in [5.74, 6) is -0.000186. The Morgan fingerprint density at radius 2 is 2.40 bits per heavy atom. The normalized spacial score (nSPS) is 12.1. The van der Waals surface area contributed by atoms with Gasteiger partial charge in [0.05, 0.1) is 12.2 Å². The Labute approximate surface area is 89.3 Å². The minimum absolute atomic E-state index is 0.0305. The van der Waals surface area contributed by atoms with Crippen molar-refractivity contribution in [3.8, 4) is 0 Å². The number of aromatic nitrogens is 2. The highest BCUT2D eigenvalue weighted by molar-refractivity contribution is 5.78. The highest BCUT2D eigenvalue weighted by atomic mass is 16.1. The Balaban J connectivity index is 2.34. The maximum atomic E-state index is 11.5. The molecular weight excluding hydrogens is 192 g/mol. The topological polar surface area (TPSA) is 66.9 Å². The molecule has 15 heavy (non-hydrogen) atoms. The lowest BCUT2D eigenvalue weighted by molar-refractivity contribution is -0.124. The second kappa shape index (κ2) is 6.08. The van der Waals surface area contributed by atoms with Crippen molar-refractivity contribution < 1.29 is 4.79 Å². The quantitative estimate of drug-likeness (QED) is 0.712. The van der Waals surface area contributed by atoms with Crippen molar-refractivity contribution >= 4 is 5.91 Å². The van der Waals surface area contributed by atoms with Gasteiger partial charge in [0.1, 0.15) is 6.33 Å². The summed E-state index contributed by atoms with van der Waals surface area (Å²) in [4.78, 5) is 19.3. The average molecular weight is 208 g/mol. The first kappa shape index (κ1) is 11.6. The Morgan fingerprint density at radius 3 is 3.00 bits per heavy atom. The predicted molar refractivity (Wildman–Crippen MR) is 57.0 cm³/mol. The number of nitrogens with zero attached hydrogens (tertiary/aromatic N) is 2. The van der Waals surface area contributed by atoms with E-state index in [2.05, 4.69) is 20.6 Å². The van der Waals surface area contributed by atoms with E-state index in [-0.39, 0.29) is 11.8 Å². The molecule has 1 heterocycles. The molecule has 0 aromatic carbocycles. The van der Waals surface area contributed by atoms with Crippen molar-refractivity contribution in [3.05, 3.63) is 24.3 Å². The minimum Gasteiger partial charge on any atom is -0.350 e. The molecule has 0 spiro atoms. The van der Waals surface area contributed by atoms with E-state index in [9.17, 15) is 4.79 Å².